The molecular weight excluding hydrogens is 467 g/mol. The summed E-state index contributed by atoms with van der Waals surface area (Å²) in [7, 11) is 1.53. The van der Waals surface area contributed by atoms with Gasteiger partial charge in [0.15, 0.2) is 21.9 Å². The zero-order valence-corrected chi connectivity index (χ0v) is 15.3. The maximum absolute atomic E-state index is 11.6. The molecule has 1 heterocycles. The molecule has 8 heteroatoms. The third kappa shape index (κ3) is 5.02. The van der Waals surface area contributed by atoms with Gasteiger partial charge in [0.05, 0.1) is 13.3 Å². The first-order chi connectivity index (χ1) is 10.6. The van der Waals surface area contributed by atoms with E-state index in [1.165, 1.54) is 13.3 Å². The van der Waals surface area contributed by atoms with Crippen molar-refractivity contribution in [3.63, 3.8) is 0 Å². The van der Waals surface area contributed by atoms with Crippen molar-refractivity contribution in [3.8, 4) is 11.5 Å². The Hall–Kier alpha value is -1.55. The van der Waals surface area contributed by atoms with Crippen molar-refractivity contribution in [2.45, 2.75) is 0 Å². The smallest absolute Gasteiger partial charge is 0.277 e. The third-order valence-corrected chi connectivity index (χ3v) is 3.53. The number of nitrogens with one attached hydrogen (secondary N) is 1. The van der Waals surface area contributed by atoms with Crippen LogP contribution in [0.5, 0.6) is 11.5 Å². The molecule has 2 rings (SSSR count). The van der Waals surface area contributed by atoms with Crippen molar-refractivity contribution >= 4 is 50.6 Å². The number of hydrazone groups is 1. The summed E-state index contributed by atoms with van der Waals surface area (Å²) in [6.07, 6.45) is 1.42. The molecule has 0 bridgehead atoms. The van der Waals surface area contributed by atoms with Crippen molar-refractivity contribution in [3.05, 3.63) is 44.3 Å². The highest BCUT2D eigenvalue weighted by Crippen LogP contribution is 2.29. The number of nitrogens with zero attached hydrogens (tertiary/aromatic N) is 1. The van der Waals surface area contributed by atoms with E-state index in [2.05, 4.69) is 26.5 Å². The first-order valence-corrected chi connectivity index (χ1v) is 7.99. The Kier molecular flexibility index (Phi) is 6.25. The van der Waals surface area contributed by atoms with Crippen LogP contribution in [0, 0.1) is 3.77 Å². The van der Waals surface area contributed by atoms with Crippen LogP contribution >= 0.6 is 38.5 Å². The van der Waals surface area contributed by atoms with Gasteiger partial charge in [-0.15, -0.1) is 0 Å². The molecule has 6 nitrogen and oxygen atoms in total. The molecule has 0 aliphatic rings. The molecule has 0 saturated carbocycles. The first-order valence-electron chi connectivity index (χ1n) is 6.12. The number of halogens is 2. The lowest BCUT2D eigenvalue weighted by Gasteiger charge is -2.09. The van der Waals surface area contributed by atoms with Gasteiger partial charge in [0.25, 0.3) is 5.91 Å². The Labute approximate surface area is 149 Å². The zero-order chi connectivity index (χ0) is 15.9. The second-order valence-electron chi connectivity index (χ2n) is 4.02. The number of carbonyl (C=O) groups excluding carboxylic acids is 1. The van der Waals surface area contributed by atoms with E-state index >= 15 is 0 Å². The standard InChI is InChI=1S/C14H12BrIN2O4/c1-20-12-6-9(15)2-4-11(12)21-8-14(19)18-17-7-10-3-5-13(16)22-10/h2-7H,8H2,1H3,(H,18,19). The number of amides is 1. The second-order valence-corrected chi connectivity index (χ2v) is 6.00. The molecule has 0 aliphatic carbocycles. The van der Waals surface area contributed by atoms with Crippen LogP contribution in [0.4, 0.5) is 0 Å². The van der Waals surface area contributed by atoms with Gasteiger partial charge in [-0.1, -0.05) is 15.9 Å². The normalized spacial score (nSPS) is 10.7. The summed E-state index contributed by atoms with van der Waals surface area (Å²) in [6.45, 7) is -0.176. The Bertz CT molecular complexity index is 687. The minimum Gasteiger partial charge on any atom is -0.493 e. The van der Waals surface area contributed by atoms with Crippen molar-refractivity contribution in [1.29, 1.82) is 0 Å². The molecule has 1 amide bonds. The Morgan fingerprint density at radius 2 is 2.23 bits per heavy atom. The number of benzene rings is 1. The summed E-state index contributed by atoms with van der Waals surface area (Å²) in [4.78, 5) is 11.6. The molecule has 116 valence electrons. The van der Waals surface area contributed by atoms with Gasteiger partial charge in [0, 0.05) is 4.47 Å². The van der Waals surface area contributed by atoms with Crippen LogP contribution in [0.2, 0.25) is 0 Å². The predicted octanol–water partition coefficient (Wildman–Crippen LogP) is 3.18. The molecular formula is C14H12BrIN2O4. The Morgan fingerprint density at radius 1 is 1.41 bits per heavy atom. The van der Waals surface area contributed by atoms with Crippen LogP contribution in [0.1, 0.15) is 5.76 Å². The monoisotopic (exact) mass is 478 g/mol. The highest BCUT2D eigenvalue weighted by atomic mass is 127. The van der Waals surface area contributed by atoms with Gasteiger partial charge in [0.2, 0.25) is 0 Å². The van der Waals surface area contributed by atoms with Gasteiger partial charge >= 0.3 is 0 Å². The van der Waals surface area contributed by atoms with E-state index in [9.17, 15) is 4.79 Å². The zero-order valence-electron chi connectivity index (χ0n) is 11.5. The number of carbonyl (C=O) groups is 1. The minimum atomic E-state index is -0.387. The maximum Gasteiger partial charge on any atom is 0.277 e. The van der Waals surface area contributed by atoms with Gasteiger partial charge in [0.1, 0.15) is 5.76 Å². The summed E-state index contributed by atoms with van der Waals surface area (Å²) in [5.41, 5.74) is 2.35. The Balaban J connectivity index is 1.84. The highest BCUT2D eigenvalue weighted by molar-refractivity contribution is 14.1. The summed E-state index contributed by atoms with van der Waals surface area (Å²) in [6, 6.07) is 8.81. The molecule has 22 heavy (non-hydrogen) atoms. The molecule has 0 spiro atoms. The lowest BCUT2D eigenvalue weighted by atomic mass is 10.3. The lowest BCUT2D eigenvalue weighted by Crippen LogP contribution is -2.24. The molecule has 1 aromatic carbocycles. The second kappa shape index (κ2) is 8.18. The number of furan rings is 1. The van der Waals surface area contributed by atoms with E-state index in [1.54, 1.807) is 30.3 Å². The molecule has 0 atom stereocenters. The van der Waals surface area contributed by atoms with Crippen LogP contribution in [0.25, 0.3) is 0 Å². The molecule has 1 aromatic heterocycles. The molecule has 0 unspecified atom stereocenters. The van der Waals surface area contributed by atoms with Crippen molar-refractivity contribution in [2.24, 2.45) is 5.10 Å². The van der Waals surface area contributed by atoms with E-state index in [1.807, 2.05) is 22.6 Å². The van der Waals surface area contributed by atoms with E-state index in [-0.39, 0.29) is 12.5 Å². The van der Waals surface area contributed by atoms with Gasteiger partial charge in [-0.25, -0.2) is 5.43 Å². The van der Waals surface area contributed by atoms with Crippen molar-refractivity contribution < 1.29 is 18.7 Å². The molecule has 1 N–H and O–H groups in total. The number of hydrogen-bond acceptors (Lipinski definition) is 5. The van der Waals surface area contributed by atoms with E-state index in [0.29, 0.717) is 17.3 Å². The summed E-state index contributed by atoms with van der Waals surface area (Å²) < 4.78 is 17.4. The van der Waals surface area contributed by atoms with Gasteiger partial charge < -0.3 is 13.9 Å². The van der Waals surface area contributed by atoms with Crippen LogP contribution in [-0.2, 0) is 4.79 Å². The van der Waals surface area contributed by atoms with Gasteiger partial charge in [-0.2, -0.15) is 5.10 Å². The molecule has 0 saturated heterocycles. The van der Waals surface area contributed by atoms with E-state index < -0.39 is 0 Å². The number of ether oxygens (including phenoxy) is 2. The first kappa shape index (κ1) is 16.8. The van der Waals surface area contributed by atoms with Crippen LogP contribution in [0.15, 0.2) is 44.3 Å². The molecule has 2 aromatic rings. The average molecular weight is 479 g/mol. The largest absolute Gasteiger partial charge is 0.493 e. The fourth-order valence-electron chi connectivity index (χ4n) is 1.50. The predicted molar refractivity (Wildman–Crippen MR) is 93.4 cm³/mol. The quantitative estimate of drug-likeness (QED) is 0.393. The van der Waals surface area contributed by atoms with Crippen molar-refractivity contribution in [2.75, 3.05) is 13.7 Å². The van der Waals surface area contributed by atoms with Crippen LogP contribution in [0.3, 0.4) is 0 Å². The number of hydrogen-bond donors (Lipinski definition) is 1. The lowest BCUT2D eigenvalue weighted by molar-refractivity contribution is -0.123. The molecule has 0 aliphatic heterocycles. The van der Waals surface area contributed by atoms with E-state index in [4.69, 9.17) is 13.9 Å². The van der Waals surface area contributed by atoms with Gasteiger partial charge in [-0.05, 0) is 52.9 Å². The summed E-state index contributed by atoms with van der Waals surface area (Å²) in [5.74, 6) is 1.18. The fraction of sp³-hybridized carbons (Fsp3) is 0.143. The summed E-state index contributed by atoms with van der Waals surface area (Å²) in [5, 5.41) is 3.78. The fourth-order valence-corrected chi connectivity index (χ4v) is 2.28. The summed E-state index contributed by atoms with van der Waals surface area (Å²) >= 11 is 5.38. The van der Waals surface area contributed by atoms with Crippen LogP contribution < -0.4 is 14.9 Å². The maximum atomic E-state index is 11.6. The average Bonchev–Trinajstić information content (AvgIpc) is 2.91. The van der Waals surface area contributed by atoms with Gasteiger partial charge in [-0.3, -0.25) is 4.79 Å². The number of rotatable bonds is 6. The SMILES string of the molecule is COc1cc(Br)ccc1OCC(=O)NN=Cc1ccc(I)o1. The number of methoxy groups -OCH3 is 1. The highest BCUT2D eigenvalue weighted by Gasteiger charge is 2.07. The van der Waals surface area contributed by atoms with Crippen LogP contribution in [-0.4, -0.2) is 25.8 Å². The molecule has 0 radical (unpaired) electrons. The Morgan fingerprint density at radius 3 is 2.91 bits per heavy atom. The third-order valence-electron chi connectivity index (χ3n) is 2.46. The molecule has 0 fully saturated rings. The van der Waals surface area contributed by atoms with E-state index in [0.717, 1.165) is 8.24 Å². The van der Waals surface area contributed by atoms with Crippen molar-refractivity contribution in [1.82, 2.24) is 5.43 Å². The topological polar surface area (TPSA) is 73.1 Å². The minimum absolute atomic E-state index is 0.176.